The van der Waals surface area contributed by atoms with E-state index in [-0.39, 0.29) is 17.6 Å². The molecule has 0 aliphatic rings. The van der Waals surface area contributed by atoms with Gasteiger partial charge in [-0.25, -0.2) is 4.39 Å². The first-order valence-electron chi connectivity index (χ1n) is 4.90. The van der Waals surface area contributed by atoms with Gasteiger partial charge in [0.15, 0.2) is 0 Å². The van der Waals surface area contributed by atoms with E-state index in [0.29, 0.717) is 18.7 Å². The number of hydrogen-bond donors (Lipinski definition) is 2. The normalized spacial score (nSPS) is 12.2. The summed E-state index contributed by atoms with van der Waals surface area (Å²) in [6, 6.07) is 5.82. The predicted octanol–water partition coefficient (Wildman–Crippen LogP) is 1.75. The number of nitrogens with one attached hydrogen (secondary N) is 1. The number of nitrogens with two attached hydrogens (primary N) is 1. The van der Waals surface area contributed by atoms with Crippen molar-refractivity contribution in [2.24, 2.45) is 11.7 Å². The van der Waals surface area contributed by atoms with Crippen molar-refractivity contribution in [2.75, 3.05) is 11.9 Å². The number of benzene rings is 1. The lowest BCUT2D eigenvalue weighted by Crippen LogP contribution is -2.22. The second-order valence-corrected chi connectivity index (χ2v) is 3.48. The number of amides is 1. The van der Waals surface area contributed by atoms with Gasteiger partial charge in [-0.15, -0.1) is 0 Å². The van der Waals surface area contributed by atoms with E-state index in [0.717, 1.165) is 0 Å². The summed E-state index contributed by atoms with van der Waals surface area (Å²) in [6.45, 7) is 2.26. The molecule has 1 amide bonds. The molecule has 3 N–H and O–H groups in total. The third-order valence-corrected chi connectivity index (χ3v) is 2.14. The van der Waals surface area contributed by atoms with Crippen molar-refractivity contribution in [3.05, 3.63) is 30.1 Å². The Balaban J connectivity index is 2.58. The number of halogens is 1. The lowest BCUT2D eigenvalue weighted by atomic mass is 10.1. The summed E-state index contributed by atoms with van der Waals surface area (Å²) in [5.74, 6) is -0.649. The summed E-state index contributed by atoms with van der Waals surface area (Å²) in [5, 5.41) is 2.63. The topological polar surface area (TPSA) is 55.1 Å². The summed E-state index contributed by atoms with van der Waals surface area (Å²) < 4.78 is 12.8. The Kier molecular flexibility index (Phi) is 4.24. The Bertz CT molecular complexity index is 341. The average Bonchev–Trinajstić information content (AvgIpc) is 2.18. The van der Waals surface area contributed by atoms with Crippen LogP contribution in [-0.4, -0.2) is 12.5 Å². The third kappa shape index (κ3) is 3.67. The van der Waals surface area contributed by atoms with E-state index < -0.39 is 0 Å². The zero-order chi connectivity index (χ0) is 11.3. The first-order chi connectivity index (χ1) is 7.13. The van der Waals surface area contributed by atoms with Gasteiger partial charge >= 0.3 is 0 Å². The van der Waals surface area contributed by atoms with Crippen LogP contribution in [0.5, 0.6) is 0 Å². The van der Waals surface area contributed by atoms with E-state index in [1.54, 1.807) is 19.1 Å². The van der Waals surface area contributed by atoms with Gasteiger partial charge in [-0.05, 0) is 31.2 Å². The fourth-order valence-electron chi connectivity index (χ4n) is 1.21. The molecule has 1 aromatic carbocycles. The number of carbonyl (C=O) groups excluding carboxylic acids is 1. The Labute approximate surface area is 88.5 Å². The molecule has 82 valence electrons. The van der Waals surface area contributed by atoms with Gasteiger partial charge in [0.25, 0.3) is 0 Å². The molecule has 0 saturated carbocycles. The molecule has 0 heterocycles. The Hall–Kier alpha value is -1.42. The average molecular weight is 210 g/mol. The van der Waals surface area contributed by atoms with E-state index >= 15 is 0 Å². The highest BCUT2D eigenvalue weighted by Gasteiger charge is 2.11. The first-order valence-corrected chi connectivity index (χ1v) is 4.90. The molecular formula is C11H15FN2O. The van der Waals surface area contributed by atoms with Crippen LogP contribution < -0.4 is 11.1 Å². The van der Waals surface area contributed by atoms with Crippen molar-refractivity contribution in [1.29, 1.82) is 0 Å². The zero-order valence-corrected chi connectivity index (χ0v) is 8.66. The van der Waals surface area contributed by atoms with Crippen molar-refractivity contribution in [3.63, 3.8) is 0 Å². The summed E-state index contributed by atoms with van der Waals surface area (Å²) in [6.07, 6.45) is 0.626. The van der Waals surface area contributed by atoms with Gasteiger partial charge in [-0.2, -0.15) is 0 Å². The Morgan fingerprint density at radius 3 is 2.93 bits per heavy atom. The molecule has 1 rings (SSSR count). The molecule has 1 atom stereocenters. The monoisotopic (exact) mass is 210 g/mol. The van der Waals surface area contributed by atoms with Crippen molar-refractivity contribution in [1.82, 2.24) is 0 Å². The van der Waals surface area contributed by atoms with Crippen LogP contribution in [0.4, 0.5) is 10.1 Å². The molecule has 1 aromatic rings. The lowest BCUT2D eigenvalue weighted by molar-refractivity contribution is -0.119. The summed E-state index contributed by atoms with van der Waals surface area (Å²) in [4.78, 5) is 11.5. The van der Waals surface area contributed by atoms with Crippen LogP contribution in [0.25, 0.3) is 0 Å². The van der Waals surface area contributed by atoms with Crippen LogP contribution in [0.3, 0.4) is 0 Å². The largest absolute Gasteiger partial charge is 0.330 e. The molecular weight excluding hydrogens is 195 g/mol. The van der Waals surface area contributed by atoms with Gasteiger partial charge in [0.05, 0.1) is 0 Å². The molecule has 1 unspecified atom stereocenters. The number of hydrogen-bond acceptors (Lipinski definition) is 2. The van der Waals surface area contributed by atoms with Gasteiger partial charge < -0.3 is 11.1 Å². The molecule has 0 bridgehead atoms. The highest BCUT2D eigenvalue weighted by molar-refractivity contribution is 5.92. The van der Waals surface area contributed by atoms with E-state index in [1.165, 1.54) is 12.1 Å². The maximum Gasteiger partial charge on any atom is 0.227 e. The number of rotatable bonds is 4. The van der Waals surface area contributed by atoms with Crippen molar-refractivity contribution < 1.29 is 9.18 Å². The molecule has 15 heavy (non-hydrogen) atoms. The quantitative estimate of drug-likeness (QED) is 0.795. The van der Waals surface area contributed by atoms with Crippen LogP contribution in [0.1, 0.15) is 13.3 Å². The molecule has 0 fully saturated rings. The molecule has 0 spiro atoms. The van der Waals surface area contributed by atoms with Crippen molar-refractivity contribution >= 4 is 11.6 Å². The summed E-state index contributed by atoms with van der Waals surface area (Å²) in [5.41, 5.74) is 5.82. The molecule has 0 aliphatic heterocycles. The minimum absolute atomic E-state index is 0.133. The smallest absolute Gasteiger partial charge is 0.227 e. The number of anilines is 1. The molecule has 0 saturated heterocycles. The van der Waals surface area contributed by atoms with Crippen LogP contribution in [0, 0.1) is 11.7 Å². The summed E-state index contributed by atoms with van der Waals surface area (Å²) in [7, 11) is 0. The van der Waals surface area contributed by atoms with Crippen LogP contribution in [0.15, 0.2) is 24.3 Å². The second kappa shape index (κ2) is 5.46. The molecule has 0 radical (unpaired) electrons. The minimum Gasteiger partial charge on any atom is -0.330 e. The van der Waals surface area contributed by atoms with Gasteiger partial charge in [-0.1, -0.05) is 13.0 Å². The van der Waals surface area contributed by atoms with Gasteiger partial charge in [0.2, 0.25) is 5.91 Å². The van der Waals surface area contributed by atoms with Gasteiger partial charge in [0.1, 0.15) is 5.82 Å². The molecule has 0 aliphatic carbocycles. The second-order valence-electron chi connectivity index (χ2n) is 3.48. The van der Waals surface area contributed by atoms with Crippen molar-refractivity contribution in [3.8, 4) is 0 Å². The third-order valence-electron chi connectivity index (χ3n) is 2.14. The van der Waals surface area contributed by atoms with E-state index in [4.69, 9.17) is 5.73 Å². The van der Waals surface area contributed by atoms with E-state index in [9.17, 15) is 9.18 Å². The van der Waals surface area contributed by atoms with Gasteiger partial charge in [0, 0.05) is 11.6 Å². The van der Waals surface area contributed by atoms with Gasteiger partial charge in [-0.3, -0.25) is 4.79 Å². The fraction of sp³-hybridized carbons (Fsp3) is 0.364. The summed E-state index contributed by atoms with van der Waals surface area (Å²) >= 11 is 0. The fourth-order valence-corrected chi connectivity index (χ4v) is 1.21. The highest BCUT2D eigenvalue weighted by atomic mass is 19.1. The predicted molar refractivity (Wildman–Crippen MR) is 57.9 cm³/mol. The lowest BCUT2D eigenvalue weighted by Gasteiger charge is -2.10. The Morgan fingerprint density at radius 1 is 1.60 bits per heavy atom. The van der Waals surface area contributed by atoms with E-state index in [2.05, 4.69) is 5.32 Å². The maximum atomic E-state index is 12.8. The highest BCUT2D eigenvalue weighted by Crippen LogP contribution is 2.11. The zero-order valence-electron chi connectivity index (χ0n) is 8.66. The number of carbonyl (C=O) groups is 1. The van der Waals surface area contributed by atoms with Crippen LogP contribution >= 0.6 is 0 Å². The first kappa shape index (κ1) is 11.7. The SMILES string of the molecule is CC(CCN)C(=O)Nc1cccc(F)c1. The molecule has 3 nitrogen and oxygen atoms in total. The maximum absolute atomic E-state index is 12.8. The van der Waals surface area contributed by atoms with Crippen molar-refractivity contribution in [2.45, 2.75) is 13.3 Å². The Morgan fingerprint density at radius 2 is 2.33 bits per heavy atom. The minimum atomic E-state index is -0.362. The van der Waals surface area contributed by atoms with E-state index in [1.807, 2.05) is 0 Å². The molecule has 0 aromatic heterocycles. The molecule has 4 heteroatoms. The van der Waals surface area contributed by atoms with Crippen LogP contribution in [0.2, 0.25) is 0 Å². The van der Waals surface area contributed by atoms with Crippen LogP contribution in [-0.2, 0) is 4.79 Å². The standard InChI is InChI=1S/C11H15FN2O/c1-8(5-6-13)11(15)14-10-4-2-3-9(12)7-10/h2-4,7-8H,5-6,13H2,1H3,(H,14,15).